The van der Waals surface area contributed by atoms with E-state index in [0.29, 0.717) is 28.3 Å². The molecule has 7 nitrogen and oxygen atoms in total. The third kappa shape index (κ3) is 4.79. The fourth-order valence-electron chi connectivity index (χ4n) is 4.12. The number of rotatable bonds is 6. The summed E-state index contributed by atoms with van der Waals surface area (Å²) < 4.78 is 83.7. The molecule has 13 heteroatoms. The summed E-state index contributed by atoms with van der Waals surface area (Å²) in [6.45, 7) is 1.27. The van der Waals surface area contributed by atoms with Crippen LogP contribution in [0, 0.1) is 12.7 Å². The molecule has 1 aliphatic rings. The van der Waals surface area contributed by atoms with Crippen LogP contribution >= 0.6 is 11.3 Å². The number of hydroxylamine groups is 1. The Morgan fingerprint density at radius 3 is 2.39 bits per heavy atom. The van der Waals surface area contributed by atoms with Crippen LogP contribution in [0.1, 0.15) is 28.4 Å². The van der Waals surface area contributed by atoms with Crippen molar-refractivity contribution in [3.63, 3.8) is 0 Å². The smallest absolute Gasteiger partial charge is 0.351 e. The summed E-state index contributed by atoms with van der Waals surface area (Å²) in [4.78, 5) is 15.8. The van der Waals surface area contributed by atoms with E-state index < -0.39 is 46.4 Å². The van der Waals surface area contributed by atoms with E-state index in [1.54, 1.807) is 19.1 Å². The van der Waals surface area contributed by atoms with Gasteiger partial charge in [0.2, 0.25) is 0 Å². The second-order valence-corrected chi connectivity index (χ2v) is 11.4. The summed E-state index contributed by atoms with van der Waals surface area (Å²) in [7, 11) is -4.30. The highest BCUT2D eigenvalue weighted by Crippen LogP contribution is 2.41. The van der Waals surface area contributed by atoms with Gasteiger partial charge in [0.15, 0.2) is 0 Å². The van der Waals surface area contributed by atoms with Crippen molar-refractivity contribution < 1.29 is 35.6 Å². The van der Waals surface area contributed by atoms with Gasteiger partial charge in [-0.1, -0.05) is 36.4 Å². The Hall–Kier alpha value is -3.68. The molecule has 1 aliphatic heterocycles. The highest BCUT2D eigenvalue weighted by atomic mass is 32.2. The molecule has 4 aromatic rings. The number of carbonyl (C=O) groups excluding carboxylic acids is 1. The number of carbonyl (C=O) groups is 1. The van der Waals surface area contributed by atoms with Gasteiger partial charge in [0.25, 0.3) is 10.0 Å². The van der Waals surface area contributed by atoms with Gasteiger partial charge in [-0.05, 0) is 59.3 Å². The van der Waals surface area contributed by atoms with Crippen molar-refractivity contribution in [1.29, 1.82) is 0 Å². The minimum Gasteiger partial charge on any atom is -0.351 e. The minimum atomic E-state index is -4.94. The number of nitrogens with zero attached hydrogens (tertiary/aromatic N) is 1. The van der Waals surface area contributed by atoms with Crippen LogP contribution in [0.15, 0.2) is 71.6 Å². The zero-order chi connectivity index (χ0) is 27.2. The molecule has 1 amide bonds. The Morgan fingerprint density at radius 2 is 1.76 bits per heavy atom. The average molecular weight is 566 g/mol. The molecular weight excluding hydrogens is 546 g/mol. The maximum absolute atomic E-state index is 13.9. The van der Waals surface area contributed by atoms with E-state index in [2.05, 4.69) is 15.6 Å². The number of aryl methyl sites for hydroxylation is 1. The van der Waals surface area contributed by atoms with Crippen LogP contribution in [0.5, 0.6) is 0 Å². The number of hydrogen-bond acceptors (Lipinski definition) is 6. The highest BCUT2D eigenvalue weighted by molar-refractivity contribution is 7.93. The first-order valence-electron chi connectivity index (χ1n) is 11.1. The van der Waals surface area contributed by atoms with Crippen molar-refractivity contribution in [3.8, 4) is 0 Å². The molecule has 3 aromatic carbocycles. The van der Waals surface area contributed by atoms with Gasteiger partial charge in [0.1, 0.15) is 17.0 Å². The van der Waals surface area contributed by atoms with Gasteiger partial charge in [-0.2, -0.15) is 13.2 Å². The fourth-order valence-corrected chi connectivity index (χ4v) is 7.05. The van der Waals surface area contributed by atoms with Crippen LogP contribution in [-0.2, 0) is 27.6 Å². The molecule has 1 aromatic heterocycles. The van der Waals surface area contributed by atoms with Gasteiger partial charge in [0.05, 0.1) is 17.0 Å². The second-order valence-electron chi connectivity index (χ2n) is 8.51. The molecule has 0 aliphatic carbocycles. The predicted molar refractivity (Wildman–Crippen MR) is 133 cm³/mol. The molecule has 1 unspecified atom stereocenters. The Kier molecular flexibility index (Phi) is 6.53. The summed E-state index contributed by atoms with van der Waals surface area (Å²) in [5.74, 6) is -1.44. The van der Waals surface area contributed by atoms with Crippen molar-refractivity contribution in [3.05, 3.63) is 94.8 Å². The van der Waals surface area contributed by atoms with E-state index >= 15 is 0 Å². The zero-order valence-corrected chi connectivity index (χ0v) is 21.2. The Balaban J connectivity index is 1.59. The van der Waals surface area contributed by atoms with Crippen LogP contribution < -0.4 is 15.1 Å². The van der Waals surface area contributed by atoms with Crippen molar-refractivity contribution in [2.24, 2.45) is 0 Å². The number of sulfonamides is 1. The maximum Gasteiger partial charge on any atom is 0.427 e. The number of amides is 1. The quantitative estimate of drug-likeness (QED) is 0.280. The van der Waals surface area contributed by atoms with Gasteiger partial charge < -0.3 is 4.84 Å². The van der Waals surface area contributed by atoms with Crippen LogP contribution in [0.4, 0.5) is 27.4 Å². The van der Waals surface area contributed by atoms with Crippen LogP contribution in [0.2, 0.25) is 0 Å². The topological polar surface area (TPSA) is 87.7 Å². The lowest BCUT2D eigenvalue weighted by Crippen LogP contribution is -2.30. The molecule has 0 radical (unpaired) electrons. The summed E-state index contributed by atoms with van der Waals surface area (Å²) >= 11 is 1.19. The molecule has 2 heterocycles. The predicted octanol–water partition coefficient (Wildman–Crippen LogP) is 6.01. The average Bonchev–Trinajstić information content (AvgIpc) is 3.46. The van der Waals surface area contributed by atoms with E-state index in [9.17, 15) is 30.8 Å². The highest BCUT2D eigenvalue weighted by Gasteiger charge is 2.35. The van der Waals surface area contributed by atoms with E-state index in [1.807, 2.05) is 12.1 Å². The second kappa shape index (κ2) is 9.57. The van der Waals surface area contributed by atoms with Crippen molar-refractivity contribution in [2.75, 3.05) is 4.31 Å². The molecule has 1 fully saturated rings. The molecule has 38 heavy (non-hydrogen) atoms. The molecule has 0 bridgehead atoms. The van der Waals surface area contributed by atoms with Gasteiger partial charge in [-0.25, -0.2) is 17.6 Å². The van der Waals surface area contributed by atoms with E-state index in [4.69, 9.17) is 0 Å². The molecule has 0 saturated carbocycles. The lowest BCUT2D eigenvalue weighted by Gasteiger charge is -2.25. The number of halogens is 4. The third-order valence-electron chi connectivity index (χ3n) is 6.04. The van der Waals surface area contributed by atoms with E-state index in [1.165, 1.54) is 35.6 Å². The monoisotopic (exact) mass is 565 g/mol. The van der Waals surface area contributed by atoms with Gasteiger partial charge in [0, 0.05) is 4.70 Å². The standard InChI is InChI=1S/C25H19F4N3O4S2/c1-14-18-4-2-3-5-21(18)37-23(14)32(13-15-6-11-20(26)19(12-15)25(27,28)29)38(34,35)17-9-7-16(8-10-17)22-30-24(33)36-31-22/h2-12,22,31H,13H2,1H3,(H,30,33). The number of alkyl halides is 3. The van der Waals surface area contributed by atoms with Crippen molar-refractivity contribution in [1.82, 2.24) is 10.8 Å². The number of hydrogen-bond donors (Lipinski definition) is 2. The molecule has 5 rings (SSSR count). The summed E-state index contributed by atoms with van der Waals surface area (Å²) in [6.07, 6.45) is -6.31. The van der Waals surface area contributed by atoms with E-state index in [-0.39, 0.29) is 10.5 Å². The number of benzene rings is 3. The lowest BCUT2D eigenvalue weighted by molar-refractivity contribution is -0.140. The Labute approximate surface area is 218 Å². The van der Waals surface area contributed by atoms with E-state index in [0.717, 1.165) is 20.5 Å². The molecular formula is C25H19F4N3O4S2. The van der Waals surface area contributed by atoms with Crippen LogP contribution in [-0.4, -0.2) is 14.5 Å². The molecule has 198 valence electrons. The first-order chi connectivity index (χ1) is 17.9. The summed E-state index contributed by atoms with van der Waals surface area (Å²) in [5, 5.41) is 3.63. The normalized spacial score (nSPS) is 15.9. The fraction of sp³-hybridized carbons (Fsp3) is 0.160. The minimum absolute atomic E-state index is 0.0363. The summed E-state index contributed by atoms with van der Waals surface area (Å²) in [6, 6.07) is 15.3. The molecule has 0 spiro atoms. The lowest BCUT2D eigenvalue weighted by atomic mass is 10.1. The van der Waals surface area contributed by atoms with Crippen molar-refractivity contribution in [2.45, 2.75) is 30.7 Å². The number of anilines is 1. The molecule has 1 atom stereocenters. The van der Waals surface area contributed by atoms with Crippen LogP contribution in [0.25, 0.3) is 10.1 Å². The number of thiophene rings is 1. The SMILES string of the molecule is Cc1c(N(Cc2ccc(F)c(C(F)(F)F)c2)S(=O)(=O)c2ccc(C3NOC(=O)N3)cc2)sc2ccccc12. The maximum atomic E-state index is 13.9. The van der Waals surface area contributed by atoms with Crippen LogP contribution in [0.3, 0.4) is 0 Å². The Bertz CT molecular complexity index is 1640. The molecule has 1 saturated heterocycles. The first-order valence-corrected chi connectivity index (χ1v) is 13.4. The number of nitrogens with one attached hydrogen (secondary N) is 2. The van der Waals surface area contributed by atoms with Gasteiger partial charge in [-0.15, -0.1) is 16.8 Å². The largest absolute Gasteiger partial charge is 0.427 e. The number of fused-ring (bicyclic) bond motifs is 1. The summed E-state index contributed by atoms with van der Waals surface area (Å²) in [5.41, 5.74) is 2.11. The third-order valence-corrected chi connectivity index (χ3v) is 9.21. The Morgan fingerprint density at radius 1 is 1.05 bits per heavy atom. The van der Waals surface area contributed by atoms with Gasteiger partial charge >= 0.3 is 12.3 Å². The zero-order valence-electron chi connectivity index (χ0n) is 19.5. The van der Waals surface area contributed by atoms with Crippen molar-refractivity contribution >= 4 is 42.5 Å². The first kappa shape index (κ1) is 25.9. The molecule has 2 N–H and O–H groups in total. The van der Waals surface area contributed by atoms with Gasteiger partial charge in [-0.3, -0.25) is 9.62 Å².